The third-order valence-electron chi connectivity index (χ3n) is 4.46. The van der Waals surface area contributed by atoms with Crippen LogP contribution in [-0.4, -0.2) is 56.5 Å². The number of carboxylic acid groups (broad SMARTS) is 1. The molecule has 8 heteroatoms. The van der Waals surface area contributed by atoms with E-state index in [1.807, 2.05) is 30.3 Å². The number of anilines is 1. The molecule has 0 aromatic heterocycles. The first-order valence-electron chi connectivity index (χ1n) is 7.82. The van der Waals surface area contributed by atoms with Gasteiger partial charge in [0.1, 0.15) is 17.5 Å². The summed E-state index contributed by atoms with van der Waals surface area (Å²) in [7, 11) is 0. The summed E-state index contributed by atoms with van der Waals surface area (Å²) >= 11 is 1.34. The molecule has 0 saturated carbocycles. The zero-order valence-corrected chi connectivity index (χ0v) is 14.5. The summed E-state index contributed by atoms with van der Waals surface area (Å²) in [6.07, 6.45) is 1.55. The number of nitrogens with one attached hydrogen (secondary N) is 2. The monoisotopic (exact) mass is 361 g/mol. The number of para-hydroxylation sites is 1. The van der Waals surface area contributed by atoms with Crippen LogP contribution in [0.2, 0.25) is 0 Å². The second-order valence-electron chi connectivity index (χ2n) is 6.15. The van der Waals surface area contributed by atoms with Gasteiger partial charge in [-0.3, -0.25) is 9.59 Å². The molecule has 2 aliphatic heterocycles. The van der Waals surface area contributed by atoms with Gasteiger partial charge in [-0.25, -0.2) is 4.79 Å². The van der Waals surface area contributed by atoms with Gasteiger partial charge in [-0.1, -0.05) is 24.3 Å². The summed E-state index contributed by atoms with van der Waals surface area (Å²) in [5.74, 6) is -1.76. The van der Waals surface area contributed by atoms with Crippen molar-refractivity contribution in [3.63, 3.8) is 0 Å². The van der Waals surface area contributed by atoms with Crippen LogP contribution < -0.4 is 10.6 Å². The van der Waals surface area contributed by atoms with Crippen molar-refractivity contribution in [2.45, 2.75) is 29.1 Å². The number of aliphatic carboxylic acids is 1. The first kappa shape index (κ1) is 17.3. The number of β-lactam (4-membered cyclic amide) rings is 1. The zero-order chi connectivity index (χ0) is 18.2. The summed E-state index contributed by atoms with van der Waals surface area (Å²) in [6, 6.07) is 7.57. The lowest BCUT2D eigenvalue weighted by molar-refractivity contribution is -0.160. The minimum absolute atomic E-state index is 0.0340. The third kappa shape index (κ3) is 2.97. The normalized spacial score (nSPS) is 30.2. The van der Waals surface area contributed by atoms with Gasteiger partial charge in [0.15, 0.2) is 0 Å². The van der Waals surface area contributed by atoms with Gasteiger partial charge in [-0.2, -0.15) is 0 Å². The molecule has 3 N–H and O–H groups in total. The maximum absolute atomic E-state index is 12.4. The van der Waals surface area contributed by atoms with E-state index in [4.69, 9.17) is 0 Å². The highest BCUT2D eigenvalue weighted by atomic mass is 32.2. The Morgan fingerprint density at radius 3 is 2.68 bits per heavy atom. The number of carbonyl (C=O) groups excluding carboxylic acids is 2. The molecule has 4 atom stereocenters. The third-order valence-corrected chi connectivity index (χ3v) is 6.10. The van der Waals surface area contributed by atoms with Gasteiger partial charge < -0.3 is 20.6 Å². The Balaban J connectivity index is 1.62. The summed E-state index contributed by atoms with van der Waals surface area (Å²) in [4.78, 5) is 37.3. The van der Waals surface area contributed by atoms with Crippen LogP contribution in [0.25, 0.3) is 0 Å². The van der Waals surface area contributed by atoms with Crippen LogP contribution >= 0.6 is 11.8 Å². The predicted octanol–water partition coefficient (Wildman–Crippen LogP) is 0.896. The molecule has 7 nitrogen and oxygen atoms in total. The van der Waals surface area contributed by atoms with Gasteiger partial charge in [-0.05, 0) is 19.1 Å². The quantitative estimate of drug-likeness (QED) is 0.514. The highest BCUT2D eigenvalue weighted by molar-refractivity contribution is 8.02. The molecule has 1 aromatic carbocycles. The van der Waals surface area contributed by atoms with E-state index < -0.39 is 28.2 Å². The maximum Gasteiger partial charge on any atom is 0.328 e. The topological polar surface area (TPSA) is 98.7 Å². The molecule has 0 aliphatic carbocycles. The van der Waals surface area contributed by atoms with Gasteiger partial charge in [0, 0.05) is 5.69 Å². The zero-order valence-electron chi connectivity index (χ0n) is 13.6. The Kier molecular flexibility index (Phi) is 4.47. The highest BCUT2D eigenvalue weighted by Gasteiger charge is 2.64. The van der Waals surface area contributed by atoms with Crippen molar-refractivity contribution < 1.29 is 19.5 Å². The van der Waals surface area contributed by atoms with Crippen molar-refractivity contribution in [2.24, 2.45) is 0 Å². The number of amides is 2. The summed E-state index contributed by atoms with van der Waals surface area (Å²) in [6.45, 7) is 5.47. The molecule has 2 fully saturated rings. The largest absolute Gasteiger partial charge is 0.480 e. The molecule has 0 radical (unpaired) electrons. The number of hydrogen-bond acceptors (Lipinski definition) is 5. The molecule has 132 valence electrons. The Morgan fingerprint density at radius 1 is 1.40 bits per heavy atom. The predicted molar refractivity (Wildman–Crippen MR) is 95.1 cm³/mol. The fraction of sp³-hybridized carbons (Fsp3) is 0.353. The molecule has 2 unspecified atom stereocenters. The van der Waals surface area contributed by atoms with E-state index in [-0.39, 0.29) is 18.4 Å². The molecule has 25 heavy (non-hydrogen) atoms. The molecule has 2 saturated heterocycles. The van der Waals surface area contributed by atoms with Crippen molar-refractivity contribution in [3.8, 4) is 0 Å². The van der Waals surface area contributed by atoms with E-state index in [0.29, 0.717) is 0 Å². The Labute approximate surface area is 149 Å². The molecule has 2 amide bonds. The van der Waals surface area contributed by atoms with Crippen LogP contribution in [0, 0.1) is 0 Å². The van der Waals surface area contributed by atoms with Gasteiger partial charge >= 0.3 is 5.97 Å². The average molecular weight is 361 g/mol. The molecular formula is C17H19N3O4S. The van der Waals surface area contributed by atoms with Crippen LogP contribution in [0.15, 0.2) is 43.0 Å². The molecule has 1 aromatic rings. The summed E-state index contributed by atoms with van der Waals surface area (Å²) in [5, 5.41) is 14.7. The SMILES string of the molecule is C=CC1(C)S[C@@H]2[C@H](NC(=O)CNc3ccccc3)C(=O)N2C1C(=O)O. The lowest BCUT2D eigenvalue weighted by Gasteiger charge is -2.43. The number of fused-ring (bicyclic) bond motifs is 1. The first-order valence-corrected chi connectivity index (χ1v) is 8.70. The van der Waals surface area contributed by atoms with Gasteiger partial charge in [0.25, 0.3) is 0 Å². The fourth-order valence-corrected chi connectivity index (χ4v) is 4.73. The van der Waals surface area contributed by atoms with Crippen molar-refractivity contribution in [1.29, 1.82) is 0 Å². The number of benzene rings is 1. The number of rotatable bonds is 6. The minimum Gasteiger partial charge on any atom is -0.480 e. The molecule has 0 bridgehead atoms. The highest BCUT2D eigenvalue weighted by Crippen LogP contribution is 2.51. The van der Waals surface area contributed by atoms with Crippen molar-refractivity contribution in [1.82, 2.24) is 10.2 Å². The van der Waals surface area contributed by atoms with E-state index in [9.17, 15) is 19.5 Å². The van der Waals surface area contributed by atoms with Crippen LogP contribution in [0.4, 0.5) is 5.69 Å². The smallest absolute Gasteiger partial charge is 0.328 e. The van der Waals surface area contributed by atoms with E-state index in [2.05, 4.69) is 17.2 Å². The fourth-order valence-electron chi connectivity index (χ4n) is 3.11. The first-order chi connectivity index (χ1) is 11.9. The van der Waals surface area contributed by atoms with Crippen LogP contribution in [0.3, 0.4) is 0 Å². The Morgan fingerprint density at radius 2 is 2.08 bits per heavy atom. The lowest BCUT2D eigenvalue weighted by Crippen LogP contribution is -2.71. The van der Waals surface area contributed by atoms with Crippen LogP contribution in [0.5, 0.6) is 0 Å². The van der Waals surface area contributed by atoms with Gasteiger partial charge in [0.05, 0.1) is 11.3 Å². The molecule has 0 spiro atoms. The van der Waals surface area contributed by atoms with Crippen LogP contribution in [-0.2, 0) is 14.4 Å². The number of nitrogens with zero attached hydrogens (tertiary/aromatic N) is 1. The van der Waals surface area contributed by atoms with E-state index >= 15 is 0 Å². The van der Waals surface area contributed by atoms with Gasteiger partial charge in [0.2, 0.25) is 11.8 Å². The van der Waals surface area contributed by atoms with E-state index in [1.54, 1.807) is 13.0 Å². The average Bonchev–Trinajstić information content (AvgIpc) is 2.89. The van der Waals surface area contributed by atoms with Crippen molar-refractivity contribution in [3.05, 3.63) is 43.0 Å². The summed E-state index contributed by atoms with van der Waals surface area (Å²) in [5.41, 5.74) is 0.805. The second-order valence-corrected chi connectivity index (χ2v) is 7.75. The molecule has 3 rings (SSSR count). The van der Waals surface area contributed by atoms with E-state index in [0.717, 1.165) is 5.69 Å². The lowest BCUT2D eigenvalue weighted by atomic mass is 9.94. The van der Waals surface area contributed by atoms with Crippen molar-refractivity contribution >= 4 is 35.2 Å². The number of thioether (sulfide) groups is 1. The van der Waals surface area contributed by atoms with Gasteiger partial charge in [-0.15, -0.1) is 18.3 Å². The molecular weight excluding hydrogens is 342 g/mol. The molecule has 2 heterocycles. The molecule has 2 aliphatic rings. The summed E-state index contributed by atoms with van der Waals surface area (Å²) < 4.78 is -0.784. The Hall–Kier alpha value is -2.48. The maximum atomic E-state index is 12.4. The van der Waals surface area contributed by atoms with Crippen molar-refractivity contribution in [2.75, 3.05) is 11.9 Å². The number of carbonyl (C=O) groups is 3. The number of carboxylic acids is 1. The second kappa shape index (κ2) is 6.44. The number of hydrogen-bond donors (Lipinski definition) is 3. The Bertz CT molecular complexity index is 726. The van der Waals surface area contributed by atoms with Crippen LogP contribution in [0.1, 0.15) is 6.92 Å². The standard InChI is InChI=1S/C17H19N3O4S/c1-3-17(2)13(16(23)24)20-14(22)12(15(20)25-17)19-11(21)9-18-10-7-5-4-6-8-10/h3-8,12-13,15,18H,1,9H2,2H3,(H,19,21)(H,23,24)/t12-,13?,15-,17?/m1/s1. The minimum atomic E-state index is -1.07. The van der Waals surface area contributed by atoms with E-state index in [1.165, 1.54) is 16.7 Å².